The number of ether oxygens (including phenoxy) is 2. The van der Waals surface area contributed by atoms with Crippen molar-refractivity contribution < 1.29 is 33.8 Å². The van der Waals surface area contributed by atoms with E-state index in [2.05, 4.69) is 21.2 Å². The zero-order valence-corrected chi connectivity index (χ0v) is 20.7. The number of β-lactam (4-membered cyclic amide) rings is 1. The van der Waals surface area contributed by atoms with Gasteiger partial charge in [0.1, 0.15) is 29.5 Å². The van der Waals surface area contributed by atoms with Crippen LogP contribution in [0.2, 0.25) is 0 Å². The number of para-hydroxylation sites is 1. The minimum atomic E-state index is -1.92. The Bertz CT molecular complexity index is 898. The smallest absolute Gasteiger partial charge is 0.358 e. The molecule has 32 heavy (non-hydrogen) atoms. The monoisotopic (exact) mass is 588 g/mol. The Morgan fingerprint density at radius 2 is 1.94 bits per heavy atom. The van der Waals surface area contributed by atoms with E-state index in [-0.39, 0.29) is 11.9 Å². The Labute approximate surface area is 210 Å². The van der Waals surface area contributed by atoms with Crippen LogP contribution < -0.4 is 10.1 Å². The van der Waals surface area contributed by atoms with Crippen LogP contribution in [-0.4, -0.2) is 67.2 Å². The third-order valence-electron chi connectivity index (χ3n) is 3.87. The normalized spacial score (nSPS) is 18.9. The molecule has 1 aliphatic heterocycles. The van der Waals surface area contributed by atoms with Gasteiger partial charge in [0.05, 0.1) is 5.33 Å². The SMILES string of the molecule is O=CSC1C(NC(=O)COc2ccccc2)C(=O)N1C(C(=O)OCC(Cl)(Cl)Cl)=C(O)CBr. The molecule has 0 bridgehead atoms. The van der Waals surface area contributed by atoms with Crippen LogP contribution in [0.1, 0.15) is 0 Å². The number of rotatable bonds is 10. The second-order valence-corrected chi connectivity index (χ2v) is 10.1. The van der Waals surface area contributed by atoms with Crippen molar-refractivity contribution in [2.75, 3.05) is 18.5 Å². The van der Waals surface area contributed by atoms with Gasteiger partial charge in [0, 0.05) is 0 Å². The molecule has 0 radical (unpaired) electrons. The number of thioether (sulfide) groups is 1. The molecule has 2 rings (SSSR count). The van der Waals surface area contributed by atoms with E-state index in [0.717, 1.165) is 4.90 Å². The van der Waals surface area contributed by atoms with Gasteiger partial charge in [-0.3, -0.25) is 19.3 Å². The zero-order valence-electron chi connectivity index (χ0n) is 16.0. The summed E-state index contributed by atoms with van der Waals surface area (Å²) in [5.74, 6) is -2.65. The first-order valence-corrected chi connectivity index (χ1v) is 11.9. The third-order valence-corrected chi connectivity index (χ3v) is 5.60. The van der Waals surface area contributed by atoms with E-state index in [1.54, 1.807) is 30.3 Å². The van der Waals surface area contributed by atoms with Crippen LogP contribution in [0.4, 0.5) is 0 Å². The summed E-state index contributed by atoms with van der Waals surface area (Å²) in [4.78, 5) is 49.4. The fraction of sp³-hybridized carbons (Fsp3) is 0.333. The molecule has 1 aromatic carbocycles. The van der Waals surface area contributed by atoms with E-state index in [1.807, 2.05) is 0 Å². The van der Waals surface area contributed by atoms with Gasteiger partial charge in [-0.05, 0) is 12.1 Å². The van der Waals surface area contributed by atoms with Crippen LogP contribution in [0, 0.1) is 0 Å². The Kier molecular flexibility index (Phi) is 9.96. The highest BCUT2D eigenvalue weighted by molar-refractivity contribution is 9.09. The molecular weight excluding hydrogens is 575 g/mol. The summed E-state index contributed by atoms with van der Waals surface area (Å²) >= 11 is 20.3. The molecule has 0 aromatic heterocycles. The first kappa shape index (κ1) is 26.6. The number of aliphatic hydroxyl groups excluding tert-OH is 1. The van der Waals surface area contributed by atoms with E-state index in [9.17, 15) is 24.3 Å². The van der Waals surface area contributed by atoms with E-state index in [0.29, 0.717) is 23.1 Å². The van der Waals surface area contributed by atoms with Crippen molar-refractivity contribution >= 4 is 85.9 Å². The van der Waals surface area contributed by atoms with Gasteiger partial charge in [-0.15, -0.1) is 0 Å². The van der Waals surface area contributed by atoms with Crippen molar-refractivity contribution in [1.82, 2.24) is 10.2 Å². The first-order chi connectivity index (χ1) is 15.1. The van der Waals surface area contributed by atoms with Crippen LogP contribution in [0.5, 0.6) is 5.75 Å². The highest BCUT2D eigenvalue weighted by Crippen LogP contribution is 2.35. The van der Waals surface area contributed by atoms with E-state index in [1.165, 1.54) is 0 Å². The third kappa shape index (κ3) is 7.17. The van der Waals surface area contributed by atoms with Gasteiger partial charge in [0.2, 0.25) is 3.79 Å². The lowest BCUT2D eigenvalue weighted by Crippen LogP contribution is -2.70. The van der Waals surface area contributed by atoms with E-state index in [4.69, 9.17) is 44.3 Å². The quantitative estimate of drug-likeness (QED) is 0.107. The Hall–Kier alpha value is -1.66. The molecule has 9 nitrogen and oxygen atoms in total. The number of amides is 2. The van der Waals surface area contributed by atoms with Crippen LogP contribution >= 0.6 is 62.5 Å². The maximum atomic E-state index is 12.7. The van der Waals surface area contributed by atoms with Gasteiger partial charge in [-0.25, -0.2) is 4.79 Å². The van der Waals surface area contributed by atoms with Crippen molar-refractivity contribution in [3.05, 3.63) is 41.8 Å². The fourth-order valence-electron chi connectivity index (χ4n) is 2.55. The molecule has 1 fully saturated rings. The average Bonchev–Trinajstić information content (AvgIpc) is 2.76. The van der Waals surface area contributed by atoms with Crippen molar-refractivity contribution in [2.45, 2.75) is 15.2 Å². The molecule has 1 heterocycles. The highest BCUT2D eigenvalue weighted by atomic mass is 79.9. The number of hydrogen-bond acceptors (Lipinski definition) is 8. The molecule has 0 saturated carbocycles. The van der Waals surface area contributed by atoms with Gasteiger partial charge in [0.25, 0.3) is 11.8 Å². The van der Waals surface area contributed by atoms with Gasteiger partial charge >= 0.3 is 5.97 Å². The van der Waals surface area contributed by atoms with Crippen LogP contribution in [0.15, 0.2) is 41.8 Å². The van der Waals surface area contributed by atoms with Gasteiger partial charge < -0.3 is 19.9 Å². The second-order valence-electron chi connectivity index (χ2n) is 6.10. The topological polar surface area (TPSA) is 122 Å². The summed E-state index contributed by atoms with van der Waals surface area (Å²) in [6, 6.07) is 7.37. The van der Waals surface area contributed by atoms with Crippen molar-refractivity contribution in [3.8, 4) is 5.75 Å². The molecule has 1 aromatic rings. The lowest BCUT2D eigenvalue weighted by atomic mass is 10.1. The number of halogens is 4. The number of carbonyl (C=O) groups excluding carboxylic acids is 4. The Balaban J connectivity index is 2.12. The number of esters is 1. The number of nitrogens with one attached hydrogen (secondary N) is 1. The molecule has 14 heteroatoms. The van der Waals surface area contributed by atoms with Crippen LogP contribution in [0.3, 0.4) is 0 Å². The molecule has 174 valence electrons. The molecule has 2 atom stereocenters. The Morgan fingerprint density at radius 3 is 2.50 bits per heavy atom. The lowest BCUT2D eigenvalue weighted by Gasteiger charge is -2.45. The fourth-order valence-corrected chi connectivity index (χ4v) is 3.76. The number of allylic oxidation sites excluding steroid dienone is 1. The predicted octanol–water partition coefficient (Wildman–Crippen LogP) is 2.72. The molecular formula is C18H16BrCl3N2O7S. The Morgan fingerprint density at radius 1 is 1.28 bits per heavy atom. The summed E-state index contributed by atoms with van der Waals surface area (Å²) in [5, 5.41) is 11.4. The lowest BCUT2D eigenvalue weighted by molar-refractivity contribution is -0.153. The number of hydrogen-bond donors (Lipinski definition) is 2. The van der Waals surface area contributed by atoms with Crippen molar-refractivity contribution in [3.63, 3.8) is 0 Å². The van der Waals surface area contributed by atoms with Crippen LogP contribution in [-0.2, 0) is 23.9 Å². The summed E-state index contributed by atoms with van der Waals surface area (Å²) in [6.07, 6.45) is 0. The standard InChI is InChI=1S/C18H16BrCl3N2O7S/c19-6-11(26)14(17(29)31-8-18(20,21)22)24-15(28)13(16(24)32-9-25)23-12(27)7-30-10-4-2-1-3-5-10/h1-5,9,13,16,26H,6-8H2,(H,23,27). The number of aliphatic hydroxyl groups is 1. The van der Waals surface area contributed by atoms with Gasteiger partial charge in [-0.2, -0.15) is 0 Å². The van der Waals surface area contributed by atoms with E-state index >= 15 is 0 Å². The summed E-state index contributed by atoms with van der Waals surface area (Å²) in [7, 11) is 0. The maximum absolute atomic E-state index is 12.7. The molecule has 2 N–H and O–H groups in total. The second kappa shape index (κ2) is 12.0. The highest BCUT2D eigenvalue weighted by Gasteiger charge is 2.53. The number of likely N-dealkylation sites (tertiary alicyclic amines) is 1. The zero-order chi connectivity index (χ0) is 23.9. The van der Waals surface area contributed by atoms with Crippen molar-refractivity contribution in [1.29, 1.82) is 0 Å². The first-order valence-electron chi connectivity index (χ1n) is 8.70. The average molecular weight is 591 g/mol. The number of alkyl halides is 4. The van der Waals surface area contributed by atoms with Crippen molar-refractivity contribution in [2.24, 2.45) is 0 Å². The molecule has 1 saturated heterocycles. The van der Waals surface area contributed by atoms with Gasteiger partial charge in [-0.1, -0.05) is 80.7 Å². The summed E-state index contributed by atoms with van der Waals surface area (Å²) in [6.45, 7) is -1.03. The molecule has 2 amide bonds. The number of carbonyl (C=O) groups is 4. The van der Waals surface area contributed by atoms with E-state index < -0.39 is 51.1 Å². The summed E-state index contributed by atoms with van der Waals surface area (Å²) < 4.78 is 8.25. The summed E-state index contributed by atoms with van der Waals surface area (Å²) in [5.41, 5.74) is -0.120. The number of benzene rings is 1. The molecule has 1 aliphatic rings. The minimum Gasteiger partial charge on any atom is -0.509 e. The maximum Gasteiger partial charge on any atom is 0.358 e. The van der Waals surface area contributed by atoms with Gasteiger partial charge in [0.15, 0.2) is 17.9 Å². The minimum absolute atomic E-state index is 0.213. The molecule has 0 aliphatic carbocycles. The molecule has 2 unspecified atom stereocenters. The number of nitrogens with zero attached hydrogens (tertiary/aromatic N) is 1. The predicted molar refractivity (Wildman–Crippen MR) is 124 cm³/mol. The van der Waals surface area contributed by atoms with Crippen LogP contribution in [0.25, 0.3) is 0 Å². The molecule has 0 spiro atoms. The largest absolute Gasteiger partial charge is 0.509 e.